The molecule has 1 amide bonds. The average Bonchev–Trinajstić information content (AvgIpc) is 2.36. The maximum Gasteiger partial charge on any atom is 0.221 e. The standard InChI is InChI=1S/C15H31N3O2/c1-14(2,3)12(16)10-13(19)17-11-15(4,5)18-6-8-20-9-7-18/h12H,6-11,16H2,1-5H3,(H,17,19). The summed E-state index contributed by atoms with van der Waals surface area (Å²) in [4.78, 5) is 14.4. The number of carbonyl (C=O) groups excluding carboxylic acids is 1. The highest BCUT2D eigenvalue weighted by Crippen LogP contribution is 2.20. The third kappa shape index (κ3) is 5.38. The molecule has 20 heavy (non-hydrogen) atoms. The first kappa shape index (κ1) is 17.4. The van der Waals surface area contributed by atoms with Gasteiger partial charge in [0.25, 0.3) is 0 Å². The molecule has 3 N–H and O–H groups in total. The Hall–Kier alpha value is -0.650. The van der Waals surface area contributed by atoms with Crippen molar-refractivity contribution in [1.29, 1.82) is 0 Å². The lowest BCUT2D eigenvalue weighted by Crippen LogP contribution is -2.55. The zero-order valence-electron chi connectivity index (χ0n) is 13.7. The normalized spacial score (nSPS) is 19.7. The largest absolute Gasteiger partial charge is 0.379 e. The van der Waals surface area contributed by atoms with Crippen molar-refractivity contribution in [3.63, 3.8) is 0 Å². The Kier molecular flexibility index (Phi) is 5.98. The molecule has 0 saturated carbocycles. The minimum absolute atomic E-state index is 0.0359. The number of nitrogens with zero attached hydrogens (tertiary/aromatic N) is 1. The molecule has 1 atom stereocenters. The number of carbonyl (C=O) groups is 1. The monoisotopic (exact) mass is 285 g/mol. The van der Waals surface area contributed by atoms with Gasteiger partial charge in [0.05, 0.1) is 13.2 Å². The zero-order valence-corrected chi connectivity index (χ0v) is 13.7. The first-order chi connectivity index (χ1) is 9.13. The van der Waals surface area contributed by atoms with E-state index in [0.717, 1.165) is 26.3 Å². The van der Waals surface area contributed by atoms with E-state index in [-0.39, 0.29) is 22.9 Å². The molecule has 1 rings (SSSR count). The van der Waals surface area contributed by atoms with E-state index in [2.05, 4.69) is 44.8 Å². The van der Waals surface area contributed by atoms with Gasteiger partial charge in [-0.2, -0.15) is 0 Å². The highest BCUT2D eigenvalue weighted by molar-refractivity contribution is 5.76. The van der Waals surface area contributed by atoms with Crippen LogP contribution in [0, 0.1) is 5.41 Å². The van der Waals surface area contributed by atoms with Gasteiger partial charge in [0.1, 0.15) is 0 Å². The van der Waals surface area contributed by atoms with E-state index >= 15 is 0 Å². The number of amides is 1. The van der Waals surface area contributed by atoms with Crippen molar-refractivity contribution in [2.45, 2.75) is 52.6 Å². The fraction of sp³-hybridized carbons (Fsp3) is 0.933. The van der Waals surface area contributed by atoms with Gasteiger partial charge in [0.2, 0.25) is 5.91 Å². The van der Waals surface area contributed by atoms with E-state index < -0.39 is 0 Å². The van der Waals surface area contributed by atoms with Crippen LogP contribution in [0.5, 0.6) is 0 Å². The molecule has 0 aromatic carbocycles. The van der Waals surface area contributed by atoms with Gasteiger partial charge in [-0.05, 0) is 19.3 Å². The molecule has 1 fully saturated rings. The minimum Gasteiger partial charge on any atom is -0.379 e. The molecule has 118 valence electrons. The highest BCUT2D eigenvalue weighted by Gasteiger charge is 2.29. The predicted molar refractivity (Wildman–Crippen MR) is 81.5 cm³/mol. The van der Waals surface area contributed by atoms with Crippen molar-refractivity contribution < 1.29 is 9.53 Å². The fourth-order valence-corrected chi connectivity index (χ4v) is 2.17. The maximum absolute atomic E-state index is 12.0. The topological polar surface area (TPSA) is 67.6 Å². The Morgan fingerprint density at radius 2 is 1.80 bits per heavy atom. The molecule has 1 saturated heterocycles. The lowest BCUT2D eigenvalue weighted by Gasteiger charge is -2.41. The molecule has 0 spiro atoms. The van der Waals surface area contributed by atoms with E-state index in [1.165, 1.54) is 0 Å². The van der Waals surface area contributed by atoms with Crippen LogP contribution in [0.3, 0.4) is 0 Å². The number of nitrogens with two attached hydrogens (primary N) is 1. The zero-order chi connectivity index (χ0) is 15.4. The summed E-state index contributed by atoms with van der Waals surface area (Å²) in [7, 11) is 0. The molecule has 0 aromatic heterocycles. The number of nitrogens with one attached hydrogen (secondary N) is 1. The lowest BCUT2D eigenvalue weighted by molar-refractivity contribution is -0.122. The molecule has 0 aromatic rings. The average molecular weight is 285 g/mol. The molecule has 0 bridgehead atoms. The second-order valence-electron chi connectivity index (χ2n) is 7.37. The third-order valence-electron chi connectivity index (χ3n) is 4.10. The summed E-state index contributed by atoms with van der Waals surface area (Å²) in [5.41, 5.74) is 5.95. The molecule has 1 unspecified atom stereocenters. The van der Waals surface area contributed by atoms with Crippen LogP contribution in [0.25, 0.3) is 0 Å². The molecule has 1 heterocycles. The Morgan fingerprint density at radius 3 is 2.30 bits per heavy atom. The number of hydrogen-bond acceptors (Lipinski definition) is 4. The van der Waals surface area contributed by atoms with Gasteiger partial charge in [-0.3, -0.25) is 9.69 Å². The van der Waals surface area contributed by atoms with Crippen LogP contribution in [0.2, 0.25) is 0 Å². The summed E-state index contributed by atoms with van der Waals surface area (Å²) in [5, 5.41) is 3.02. The van der Waals surface area contributed by atoms with Crippen LogP contribution in [-0.2, 0) is 9.53 Å². The van der Waals surface area contributed by atoms with Crippen molar-refractivity contribution in [2.75, 3.05) is 32.8 Å². The molecule has 5 nitrogen and oxygen atoms in total. The van der Waals surface area contributed by atoms with Gasteiger partial charge in [-0.1, -0.05) is 20.8 Å². The number of ether oxygens (including phenoxy) is 1. The second kappa shape index (κ2) is 6.87. The Labute approximate surface area is 123 Å². The quantitative estimate of drug-likeness (QED) is 0.790. The molecule has 5 heteroatoms. The summed E-state index contributed by atoms with van der Waals surface area (Å²) in [6.07, 6.45) is 0.378. The van der Waals surface area contributed by atoms with Crippen LogP contribution >= 0.6 is 0 Å². The van der Waals surface area contributed by atoms with Gasteiger partial charge >= 0.3 is 0 Å². The van der Waals surface area contributed by atoms with Crippen molar-refractivity contribution in [1.82, 2.24) is 10.2 Å². The van der Waals surface area contributed by atoms with Gasteiger partial charge in [0.15, 0.2) is 0 Å². The van der Waals surface area contributed by atoms with Crippen LogP contribution in [-0.4, -0.2) is 55.2 Å². The summed E-state index contributed by atoms with van der Waals surface area (Å²) in [6.45, 7) is 14.5. The molecular weight excluding hydrogens is 254 g/mol. The Morgan fingerprint density at radius 1 is 1.25 bits per heavy atom. The van der Waals surface area contributed by atoms with Gasteiger partial charge in [-0.25, -0.2) is 0 Å². The van der Waals surface area contributed by atoms with Crippen LogP contribution in [0.4, 0.5) is 0 Å². The smallest absolute Gasteiger partial charge is 0.221 e. The van der Waals surface area contributed by atoms with E-state index in [9.17, 15) is 4.79 Å². The van der Waals surface area contributed by atoms with Crippen LogP contribution in [0.15, 0.2) is 0 Å². The molecule has 0 radical (unpaired) electrons. The first-order valence-electron chi connectivity index (χ1n) is 7.48. The summed E-state index contributed by atoms with van der Waals surface area (Å²) >= 11 is 0. The van der Waals surface area contributed by atoms with Crippen LogP contribution < -0.4 is 11.1 Å². The van der Waals surface area contributed by atoms with E-state index in [0.29, 0.717) is 13.0 Å². The van der Waals surface area contributed by atoms with E-state index in [1.807, 2.05) is 0 Å². The van der Waals surface area contributed by atoms with Gasteiger partial charge in [0, 0.05) is 37.6 Å². The highest BCUT2D eigenvalue weighted by atomic mass is 16.5. The third-order valence-corrected chi connectivity index (χ3v) is 4.10. The number of morpholine rings is 1. The molecule has 1 aliphatic rings. The molecule has 1 aliphatic heterocycles. The summed E-state index contributed by atoms with van der Waals surface area (Å²) in [6, 6.07) is -0.117. The predicted octanol–water partition coefficient (Wildman–Crippen LogP) is 0.977. The second-order valence-corrected chi connectivity index (χ2v) is 7.37. The minimum atomic E-state index is -0.117. The summed E-state index contributed by atoms with van der Waals surface area (Å²) in [5.74, 6) is 0.0359. The van der Waals surface area contributed by atoms with Crippen LogP contribution in [0.1, 0.15) is 41.0 Å². The SMILES string of the molecule is CC(C)(C)C(N)CC(=O)NCC(C)(C)N1CCOCC1. The molecule has 0 aliphatic carbocycles. The van der Waals surface area contributed by atoms with Crippen molar-refractivity contribution in [3.8, 4) is 0 Å². The maximum atomic E-state index is 12.0. The Balaban J connectivity index is 2.39. The first-order valence-corrected chi connectivity index (χ1v) is 7.48. The lowest BCUT2D eigenvalue weighted by atomic mass is 9.85. The van der Waals surface area contributed by atoms with Gasteiger partial charge < -0.3 is 15.8 Å². The van der Waals surface area contributed by atoms with Crippen molar-refractivity contribution >= 4 is 5.91 Å². The number of rotatable bonds is 5. The van der Waals surface area contributed by atoms with E-state index in [1.54, 1.807) is 0 Å². The van der Waals surface area contributed by atoms with Crippen molar-refractivity contribution in [3.05, 3.63) is 0 Å². The van der Waals surface area contributed by atoms with Crippen molar-refractivity contribution in [2.24, 2.45) is 11.1 Å². The summed E-state index contributed by atoms with van der Waals surface area (Å²) < 4.78 is 5.36. The fourth-order valence-electron chi connectivity index (χ4n) is 2.17. The number of hydrogen-bond donors (Lipinski definition) is 2. The molecular formula is C15H31N3O2. The van der Waals surface area contributed by atoms with E-state index in [4.69, 9.17) is 10.5 Å². The Bertz CT molecular complexity index is 318. The van der Waals surface area contributed by atoms with Gasteiger partial charge in [-0.15, -0.1) is 0 Å².